The molecular weight excluding hydrogens is 188 g/mol. The van der Waals surface area contributed by atoms with Gasteiger partial charge in [0.25, 0.3) is 0 Å². The molecule has 2 rings (SSSR count). The van der Waals surface area contributed by atoms with Crippen LogP contribution in [0.25, 0.3) is 0 Å². The molecule has 4 nitrogen and oxygen atoms in total. The Morgan fingerprint density at radius 1 is 1.40 bits per heavy atom. The van der Waals surface area contributed by atoms with Gasteiger partial charge in [-0.2, -0.15) is 0 Å². The first-order chi connectivity index (χ1) is 7.18. The maximum atomic E-state index is 4.16. The number of aromatic nitrogens is 2. The van der Waals surface area contributed by atoms with Crippen LogP contribution in [-0.2, 0) is 13.6 Å². The summed E-state index contributed by atoms with van der Waals surface area (Å²) in [4.78, 5) is 6.69. The summed E-state index contributed by atoms with van der Waals surface area (Å²) in [6.07, 6.45) is 3.83. The first kappa shape index (κ1) is 10.6. The summed E-state index contributed by atoms with van der Waals surface area (Å²) in [5, 5.41) is 3.44. The summed E-state index contributed by atoms with van der Waals surface area (Å²) in [6, 6.07) is 1.20. The SMILES string of the molecule is C[C@@H]1CNC[C@H](C)N1Cc1cncn1C. The van der Waals surface area contributed by atoms with Gasteiger partial charge in [-0.3, -0.25) is 4.90 Å². The topological polar surface area (TPSA) is 33.1 Å². The zero-order valence-electron chi connectivity index (χ0n) is 9.77. The minimum atomic E-state index is 0.601. The van der Waals surface area contributed by atoms with Gasteiger partial charge in [-0.1, -0.05) is 0 Å². The van der Waals surface area contributed by atoms with Gasteiger partial charge in [0.15, 0.2) is 0 Å². The molecule has 1 saturated heterocycles. The van der Waals surface area contributed by atoms with Crippen LogP contribution in [0.2, 0.25) is 0 Å². The maximum Gasteiger partial charge on any atom is 0.0945 e. The summed E-state index contributed by atoms with van der Waals surface area (Å²) in [7, 11) is 2.06. The van der Waals surface area contributed by atoms with Crippen LogP contribution in [-0.4, -0.2) is 39.6 Å². The molecular formula is C11H20N4. The van der Waals surface area contributed by atoms with E-state index in [2.05, 4.69) is 40.7 Å². The van der Waals surface area contributed by atoms with Crippen LogP contribution in [0.4, 0.5) is 0 Å². The highest BCUT2D eigenvalue weighted by atomic mass is 15.3. The van der Waals surface area contributed by atoms with Crippen LogP contribution in [0.1, 0.15) is 19.5 Å². The van der Waals surface area contributed by atoms with Crippen LogP contribution >= 0.6 is 0 Å². The highest BCUT2D eigenvalue weighted by Crippen LogP contribution is 2.13. The van der Waals surface area contributed by atoms with Crippen LogP contribution in [0.5, 0.6) is 0 Å². The van der Waals surface area contributed by atoms with Gasteiger partial charge < -0.3 is 9.88 Å². The molecule has 84 valence electrons. The molecule has 0 spiro atoms. The van der Waals surface area contributed by atoms with E-state index in [1.807, 2.05) is 12.5 Å². The van der Waals surface area contributed by atoms with Gasteiger partial charge in [0.2, 0.25) is 0 Å². The molecule has 2 atom stereocenters. The van der Waals surface area contributed by atoms with Crippen molar-refractivity contribution < 1.29 is 0 Å². The van der Waals surface area contributed by atoms with E-state index >= 15 is 0 Å². The van der Waals surface area contributed by atoms with E-state index in [9.17, 15) is 0 Å². The molecule has 2 heterocycles. The fraction of sp³-hybridized carbons (Fsp3) is 0.727. The lowest BCUT2D eigenvalue weighted by Gasteiger charge is -2.39. The summed E-state index contributed by atoms with van der Waals surface area (Å²) in [5.74, 6) is 0. The van der Waals surface area contributed by atoms with Gasteiger partial charge >= 0.3 is 0 Å². The highest BCUT2D eigenvalue weighted by molar-refractivity contribution is 4.99. The fourth-order valence-corrected chi connectivity index (χ4v) is 2.21. The van der Waals surface area contributed by atoms with Crippen molar-refractivity contribution in [2.24, 2.45) is 7.05 Å². The van der Waals surface area contributed by atoms with E-state index in [4.69, 9.17) is 0 Å². The summed E-state index contributed by atoms with van der Waals surface area (Å²) in [6.45, 7) is 7.73. The number of aryl methyl sites for hydroxylation is 1. The van der Waals surface area contributed by atoms with Gasteiger partial charge in [-0.25, -0.2) is 4.98 Å². The fourth-order valence-electron chi connectivity index (χ4n) is 2.21. The monoisotopic (exact) mass is 208 g/mol. The molecule has 1 aliphatic rings. The van der Waals surface area contributed by atoms with Gasteiger partial charge in [0.1, 0.15) is 0 Å². The number of rotatable bonds is 2. The Hall–Kier alpha value is -0.870. The largest absolute Gasteiger partial charge is 0.337 e. The van der Waals surface area contributed by atoms with Crippen LogP contribution in [0, 0.1) is 0 Å². The second-order valence-corrected chi connectivity index (χ2v) is 4.52. The molecule has 0 aromatic carbocycles. The van der Waals surface area contributed by atoms with Gasteiger partial charge in [0.05, 0.1) is 12.0 Å². The molecule has 0 bridgehead atoms. The van der Waals surface area contributed by atoms with Crippen LogP contribution in [0.3, 0.4) is 0 Å². The summed E-state index contributed by atoms with van der Waals surface area (Å²) >= 11 is 0. The van der Waals surface area contributed by atoms with E-state index in [1.54, 1.807) is 0 Å². The van der Waals surface area contributed by atoms with Crippen molar-refractivity contribution in [2.75, 3.05) is 13.1 Å². The molecule has 0 saturated carbocycles. The summed E-state index contributed by atoms with van der Waals surface area (Å²) in [5.41, 5.74) is 1.29. The van der Waals surface area contributed by atoms with E-state index < -0.39 is 0 Å². The Balaban J connectivity index is 2.06. The smallest absolute Gasteiger partial charge is 0.0945 e. The third kappa shape index (κ3) is 2.21. The lowest BCUT2D eigenvalue weighted by atomic mass is 10.1. The van der Waals surface area contributed by atoms with Crippen molar-refractivity contribution in [2.45, 2.75) is 32.5 Å². The predicted octanol–water partition coefficient (Wildman–Crippen LogP) is 0.602. The first-order valence-corrected chi connectivity index (χ1v) is 5.60. The Morgan fingerprint density at radius 3 is 2.60 bits per heavy atom. The quantitative estimate of drug-likeness (QED) is 0.772. The zero-order chi connectivity index (χ0) is 10.8. The van der Waals surface area contributed by atoms with Gasteiger partial charge in [-0.05, 0) is 13.8 Å². The molecule has 0 amide bonds. The van der Waals surface area contributed by atoms with E-state index in [0.29, 0.717) is 12.1 Å². The number of hydrogen-bond acceptors (Lipinski definition) is 3. The average Bonchev–Trinajstić information content (AvgIpc) is 2.58. The first-order valence-electron chi connectivity index (χ1n) is 5.60. The number of imidazole rings is 1. The Morgan fingerprint density at radius 2 is 2.07 bits per heavy atom. The number of piperazine rings is 1. The van der Waals surface area contributed by atoms with Crippen molar-refractivity contribution in [3.8, 4) is 0 Å². The Kier molecular flexibility index (Phi) is 3.07. The number of hydrogen-bond donors (Lipinski definition) is 1. The van der Waals surface area contributed by atoms with E-state index in [0.717, 1.165) is 19.6 Å². The minimum absolute atomic E-state index is 0.601. The van der Waals surface area contributed by atoms with Crippen molar-refractivity contribution in [1.29, 1.82) is 0 Å². The van der Waals surface area contributed by atoms with Crippen LogP contribution < -0.4 is 5.32 Å². The Bertz CT molecular complexity index is 310. The lowest BCUT2D eigenvalue weighted by Crippen LogP contribution is -2.54. The third-order valence-electron chi connectivity index (χ3n) is 3.27. The average molecular weight is 208 g/mol. The second-order valence-electron chi connectivity index (χ2n) is 4.52. The number of nitrogens with one attached hydrogen (secondary N) is 1. The zero-order valence-corrected chi connectivity index (χ0v) is 9.77. The molecule has 1 aromatic heterocycles. The maximum absolute atomic E-state index is 4.16. The van der Waals surface area contributed by atoms with Gasteiger partial charge in [-0.15, -0.1) is 0 Å². The van der Waals surface area contributed by atoms with Crippen molar-refractivity contribution in [3.05, 3.63) is 18.2 Å². The number of nitrogens with zero attached hydrogens (tertiary/aromatic N) is 3. The third-order valence-corrected chi connectivity index (χ3v) is 3.27. The summed E-state index contributed by atoms with van der Waals surface area (Å²) < 4.78 is 2.10. The molecule has 0 aliphatic carbocycles. The van der Waals surface area contributed by atoms with E-state index in [-0.39, 0.29) is 0 Å². The molecule has 15 heavy (non-hydrogen) atoms. The van der Waals surface area contributed by atoms with Crippen molar-refractivity contribution in [3.63, 3.8) is 0 Å². The van der Waals surface area contributed by atoms with Crippen molar-refractivity contribution >= 4 is 0 Å². The molecule has 0 unspecified atom stereocenters. The highest BCUT2D eigenvalue weighted by Gasteiger charge is 2.24. The Labute approximate surface area is 91.3 Å². The molecule has 4 heteroatoms. The molecule has 1 fully saturated rings. The molecule has 1 aliphatic heterocycles. The second kappa shape index (κ2) is 4.33. The van der Waals surface area contributed by atoms with Gasteiger partial charge in [0, 0.05) is 45.0 Å². The lowest BCUT2D eigenvalue weighted by molar-refractivity contribution is 0.106. The normalized spacial score (nSPS) is 28.2. The molecule has 0 radical (unpaired) electrons. The minimum Gasteiger partial charge on any atom is -0.337 e. The van der Waals surface area contributed by atoms with Crippen molar-refractivity contribution in [1.82, 2.24) is 19.8 Å². The molecule has 1 N–H and O–H groups in total. The predicted molar refractivity (Wildman–Crippen MR) is 60.5 cm³/mol. The standard InChI is InChI=1S/C11H20N4/c1-9-4-12-5-10(2)15(9)7-11-6-13-8-14(11)3/h6,8-10,12H,4-5,7H2,1-3H3/t9-,10+. The van der Waals surface area contributed by atoms with E-state index in [1.165, 1.54) is 5.69 Å². The van der Waals surface area contributed by atoms with Crippen LogP contribution in [0.15, 0.2) is 12.5 Å². The molecule has 1 aromatic rings.